The molecule has 2 N–H and O–H groups in total. The fraction of sp³-hybridized carbons (Fsp3) is 0.654. The van der Waals surface area contributed by atoms with Crippen molar-refractivity contribution < 1.29 is 19.7 Å². The molecule has 1 aromatic rings. The van der Waals surface area contributed by atoms with Crippen molar-refractivity contribution in [1.29, 1.82) is 0 Å². The normalized spacial score (nSPS) is 22.1. The molecule has 1 aliphatic carbocycles. The lowest BCUT2D eigenvalue weighted by Gasteiger charge is -2.21. The molecule has 0 radical (unpaired) electrons. The molecular weight excluding hydrogens is 412 g/mol. The van der Waals surface area contributed by atoms with E-state index in [0.717, 1.165) is 56.9 Å². The second-order valence-corrected chi connectivity index (χ2v) is 9.15. The first kappa shape index (κ1) is 25.9. The Morgan fingerprint density at radius 1 is 1.19 bits per heavy atom. The highest BCUT2D eigenvalue weighted by molar-refractivity contribution is 6.21. The van der Waals surface area contributed by atoms with Gasteiger partial charge in [0.2, 0.25) is 0 Å². The number of benzene rings is 1. The molecule has 4 atom stereocenters. The molecule has 1 fully saturated rings. The molecule has 0 aromatic heterocycles. The summed E-state index contributed by atoms with van der Waals surface area (Å²) in [6.45, 7) is 2.12. The third-order valence-electron chi connectivity index (χ3n) is 6.25. The Morgan fingerprint density at radius 3 is 2.68 bits per heavy atom. The number of ether oxygens (including phenoxy) is 1. The maximum atomic E-state index is 11.4. The van der Waals surface area contributed by atoms with Gasteiger partial charge < -0.3 is 14.9 Å². The monoisotopic (exact) mass is 450 g/mol. The molecule has 0 bridgehead atoms. The summed E-state index contributed by atoms with van der Waals surface area (Å²) in [6, 6.07) is 8.51. The third-order valence-corrected chi connectivity index (χ3v) is 6.79. The van der Waals surface area contributed by atoms with Gasteiger partial charge in [0.1, 0.15) is 6.61 Å². The fourth-order valence-electron chi connectivity index (χ4n) is 4.43. The highest BCUT2D eigenvalue weighted by Crippen LogP contribution is 2.44. The molecule has 1 saturated carbocycles. The van der Waals surface area contributed by atoms with Crippen LogP contribution in [0.1, 0.15) is 94.3 Å². The van der Waals surface area contributed by atoms with Gasteiger partial charge in [-0.15, -0.1) is 11.6 Å². The van der Waals surface area contributed by atoms with E-state index in [0.29, 0.717) is 18.3 Å². The number of esters is 1. The molecular formula is C26H39ClO4. The maximum Gasteiger partial charge on any atom is 0.305 e. The van der Waals surface area contributed by atoms with E-state index in [-0.39, 0.29) is 30.7 Å². The molecule has 4 nitrogen and oxygen atoms in total. The predicted molar refractivity (Wildman–Crippen MR) is 126 cm³/mol. The average molecular weight is 451 g/mol. The quantitative estimate of drug-likeness (QED) is 0.156. The van der Waals surface area contributed by atoms with Gasteiger partial charge in [-0.1, -0.05) is 62.6 Å². The summed E-state index contributed by atoms with van der Waals surface area (Å²) < 4.78 is 4.86. The second kappa shape index (κ2) is 14.7. The molecule has 5 heteroatoms. The lowest BCUT2D eigenvalue weighted by molar-refractivity contribution is -0.144. The average Bonchev–Trinajstić information content (AvgIpc) is 3.15. The van der Waals surface area contributed by atoms with Gasteiger partial charge in [0, 0.05) is 11.8 Å². The molecule has 1 aromatic carbocycles. The van der Waals surface area contributed by atoms with Crippen LogP contribution in [0.5, 0.6) is 0 Å². The summed E-state index contributed by atoms with van der Waals surface area (Å²) in [5.74, 6) is 0.609. The van der Waals surface area contributed by atoms with Crippen LogP contribution in [0, 0.1) is 5.92 Å². The highest BCUT2D eigenvalue weighted by Gasteiger charge is 2.34. The first-order chi connectivity index (χ1) is 15.1. The molecule has 0 heterocycles. The van der Waals surface area contributed by atoms with Crippen LogP contribution in [-0.4, -0.2) is 34.8 Å². The van der Waals surface area contributed by atoms with Crippen molar-refractivity contribution in [3.8, 4) is 0 Å². The van der Waals surface area contributed by atoms with Crippen LogP contribution in [0.25, 0.3) is 0 Å². The lowest BCUT2D eigenvalue weighted by atomic mass is 9.85. The first-order valence-corrected chi connectivity index (χ1v) is 12.3. The van der Waals surface area contributed by atoms with E-state index in [1.165, 1.54) is 12.0 Å². The Labute approximate surface area is 192 Å². The van der Waals surface area contributed by atoms with Gasteiger partial charge in [-0.25, -0.2) is 0 Å². The van der Waals surface area contributed by atoms with Gasteiger partial charge in [-0.3, -0.25) is 4.79 Å². The number of allylic oxidation sites excluding steroid dienone is 2. The van der Waals surface area contributed by atoms with Crippen molar-refractivity contribution in [2.24, 2.45) is 5.92 Å². The topological polar surface area (TPSA) is 66.8 Å². The number of hydrogen-bond acceptors (Lipinski definition) is 4. The molecule has 2 rings (SSSR count). The van der Waals surface area contributed by atoms with E-state index < -0.39 is 0 Å². The number of carbonyl (C=O) groups excluding carboxylic acids is 1. The number of alkyl halides is 1. The second-order valence-electron chi connectivity index (χ2n) is 8.59. The van der Waals surface area contributed by atoms with Crippen LogP contribution < -0.4 is 0 Å². The molecule has 0 spiro atoms. The van der Waals surface area contributed by atoms with E-state index in [2.05, 4.69) is 43.3 Å². The number of unbranched alkanes of at least 4 members (excludes halogenated alkanes) is 3. The Bertz CT molecular complexity index is 658. The predicted octanol–water partition coefficient (Wildman–Crippen LogP) is 6.05. The van der Waals surface area contributed by atoms with Crippen molar-refractivity contribution in [2.45, 2.75) is 88.5 Å². The summed E-state index contributed by atoms with van der Waals surface area (Å²) >= 11 is 6.65. The summed E-state index contributed by atoms with van der Waals surface area (Å²) in [6.07, 6.45) is 13.2. The van der Waals surface area contributed by atoms with Crippen LogP contribution in [0.3, 0.4) is 0 Å². The number of aliphatic hydroxyl groups is 2. The highest BCUT2D eigenvalue weighted by atomic mass is 35.5. The zero-order chi connectivity index (χ0) is 22.5. The molecule has 0 aliphatic heterocycles. The van der Waals surface area contributed by atoms with E-state index in [1.54, 1.807) is 0 Å². The maximum absolute atomic E-state index is 11.4. The van der Waals surface area contributed by atoms with Crippen molar-refractivity contribution >= 4 is 17.6 Å². The molecule has 31 heavy (non-hydrogen) atoms. The molecule has 2 unspecified atom stereocenters. The van der Waals surface area contributed by atoms with Crippen LogP contribution in [-0.2, 0) is 9.53 Å². The zero-order valence-corrected chi connectivity index (χ0v) is 19.6. The Kier molecular flexibility index (Phi) is 12.2. The van der Waals surface area contributed by atoms with Crippen LogP contribution in [0.15, 0.2) is 36.4 Å². The minimum atomic E-state index is -0.371. The standard InChI is InChI=1S/C26H39ClO4/c1-2-3-6-10-25(29)21-14-12-20(13-15-21)22-16-17-24(27)23(22)9-7-4-5-8-11-26(30)31-19-18-28/h4,7,12-15,22-25,28-29H,2-3,5-6,8-11,16-19H2,1H3/b7-4-/t22-,23?,24-,25?/m1/s1. The first-order valence-electron chi connectivity index (χ1n) is 11.9. The molecule has 1 aliphatic rings. The van der Waals surface area contributed by atoms with Crippen molar-refractivity contribution in [2.75, 3.05) is 13.2 Å². The Hall–Kier alpha value is -1.36. The van der Waals surface area contributed by atoms with Crippen LogP contribution in [0.4, 0.5) is 0 Å². The van der Waals surface area contributed by atoms with Crippen molar-refractivity contribution in [3.63, 3.8) is 0 Å². The molecule has 0 saturated heterocycles. The molecule has 174 valence electrons. The van der Waals surface area contributed by atoms with E-state index in [1.807, 2.05) is 0 Å². The van der Waals surface area contributed by atoms with E-state index >= 15 is 0 Å². The van der Waals surface area contributed by atoms with Crippen molar-refractivity contribution in [1.82, 2.24) is 0 Å². The van der Waals surface area contributed by atoms with Crippen LogP contribution in [0.2, 0.25) is 0 Å². The van der Waals surface area contributed by atoms with Gasteiger partial charge in [0.15, 0.2) is 0 Å². The van der Waals surface area contributed by atoms with E-state index in [4.69, 9.17) is 21.4 Å². The summed E-state index contributed by atoms with van der Waals surface area (Å²) in [4.78, 5) is 11.4. The summed E-state index contributed by atoms with van der Waals surface area (Å²) in [5, 5.41) is 19.2. The minimum absolute atomic E-state index is 0.0770. The molecule has 0 amide bonds. The van der Waals surface area contributed by atoms with Gasteiger partial charge in [0.25, 0.3) is 0 Å². The smallest absolute Gasteiger partial charge is 0.305 e. The fourth-order valence-corrected chi connectivity index (χ4v) is 4.84. The zero-order valence-electron chi connectivity index (χ0n) is 18.8. The number of halogens is 1. The van der Waals surface area contributed by atoms with Gasteiger partial charge in [-0.2, -0.15) is 0 Å². The largest absolute Gasteiger partial charge is 0.463 e. The minimum Gasteiger partial charge on any atom is -0.463 e. The summed E-state index contributed by atoms with van der Waals surface area (Å²) in [5.41, 5.74) is 2.33. The SMILES string of the molecule is CCCCCC(O)c1ccc([C@H]2CC[C@@H](Cl)C2C/C=C\CCCC(=O)OCCO)cc1. The van der Waals surface area contributed by atoms with Gasteiger partial charge in [-0.05, 0) is 61.5 Å². The number of hydrogen-bond donors (Lipinski definition) is 2. The van der Waals surface area contributed by atoms with Gasteiger partial charge >= 0.3 is 5.97 Å². The lowest BCUT2D eigenvalue weighted by Crippen LogP contribution is -2.13. The Balaban J connectivity index is 1.81. The number of carbonyl (C=O) groups is 1. The van der Waals surface area contributed by atoms with Crippen LogP contribution >= 0.6 is 11.6 Å². The van der Waals surface area contributed by atoms with Gasteiger partial charge in [0.05, 0.1) is 12.7 Å². The summed E-state index contributed by atoms with van der Waals surface area (Å²) in [7, 11) is 0. The Morgan fingerprint density at radius 2 is 1.97 bits per heavy atom. The van der Waals surface area contributed by atoms with Crippen molar-refractivity contribution in [3.05, 3.63) is 47.5 Å². The van der Waals surface area contributed by atoms with E-state index in [9.17, 15) is 9.90 Å². The third kappa shape index (κ3) is 8.96. The number of rotatable bonds is 14. The number of aliphatic hydroxyl groups excluding tert-OH is 2.